The van der Waals surface area contributed by atoms with Crippen molar-refractivity contribution in [2.45, 2.75) is 12.5 Å². The topological polar surface area (TPSA) is 118 Å². The van der Waals surface area contributed by atoms with Crippen LogP contribution < -0.4 is 5.73 Å². The Bertz CT molecular complexity index is 671. The van der Waals surface area contributed by atoms with Gasteiger partial charge >= 0.3 is 5.97 Å². The monoisotopic (exact) mass is 312 g/mol. The van der Waals surface area contributed by atoms with Crippen molar-refractivity contribution in [1.82, 2.24) is 4.90 Å². The molecule has 0 saturated carbocycles. The minimum absolute atomic E-state index is 0.0204. The van der Waals surface area contributed by atoms with Gasteiger partial charge in [-0.3, -0.25) is 9.59 Å². The Morgan fingerprint density at radius 2 is 2.00 bits per heavy atom. The van der Waals surface area contributed by atoms with E-state index in [1.807, 2.05) is 0 Å². The van der Waals surface area contributed by atoms with E-state index in [0.717, 1.165) is 0 Å². The summed E-state index contributed by atoms with van der Waals surface area (Å²) in [5.74, 6) is -2.08. The van der Waals surface area contributed by atoms with Crippen molar-refractivity contribution in [2.75, 3.05) is 23.8 Å². The van der Waals surface area contributed by atoms with Crippen LogP contribution in [-0.4, -0.2) is 54.4 Å². The molecule has 0 bridgehead atoms. The van der Waals surface area contributed by atoms with E-state index < -0.39 is 34.2 Å². The maximum atomic E-state index is 12.5. The van der Waals surface area contributed by atoms with Gasteiger partial charge in [-0.2, -0.15) is 0 Å². The molecule has 114 valence electrons. The predicted molar refractivity (Wildman–Crippen MR) is 76.6 cm³/mol. The smallest absolute Gasteiger partial charge is 0.305 e. The zero-order chi connectivity index (χ0) is 15.6. The van der Waals surface area contributed by atoms with Crippen LogP contribution in [0.25, 0.3) is 0 Å². The number of benzene rings is 1. The highest BCUT2D eigenvalue weighted by atomic mass is 32.2. The van der Waals surface area contributed by atoms with Crippen molar-refractivity contribution < 1.29 is 23.1 Å². The summed E-state index contributed by atoms with van der Waals surface area (Å²) in [6.07, 6.45) is -0.405. The number of anilines is 1. The molecular formula is C13H16N2O5S. The second-order valence-electron chi connectivity index (χ2n) is 4.95. The van der Waals surface area contributed by atoms with Crippen molar-refractivity contribution in [2.24, 2.45) is 0 Å². The molecule has 1 aromatic carbocycles. The molecule has 1 unspecified atom stereocenters. The van der Waals surface area contributed by atoms with Crippen LogP contribution in [-0.2, 0) is 14.6 Å². The minimum Gasteiger partial charge on any atom is -0.481 e. The summed E-state index contributed by atoms with van der Waals surface area (Å²) in [6.45, 7) is -0.0204. The number of para-hydroxylation sites is 1. The zero-order valence-electron chi connectivity index (χ0n) is 11.2. The number of nitrogens with two attached hydrogens (primary N) is 1. The molecule has 1 heterocycles. The van der Waals surface area contributed by atoms with E-state index in [-0.39, 0.29) is 29.3 Å². The Labute approximate surface area is 122 Å². The second-order valence-corrected chi connectivity index (χ2v) is 7.18. The van der Waals surface area contributed by atoms with E-state index in [9.17, 15) is 18.0 Å². The number of nitrogens with zero attached hydrogens (tertiary/aromatic N) is 1. The molecule has 1 saturated heterocycles. The molecule has 8 heteroatoms. The highest BCUT2D eigenvalue weighted by Crippen LogP contribution is 2.21. The van der Waals surface area contributed by atoms with Crippen LogP contribution >= 0.6 is 0 Å². The lowest BCUT2D eigenvalue weighted by Gasteiger charge is -2.35. The number of nitrogen functional groups attached to an aromatic ring is 1. The molecule has 7 nitrogen and oxygen atoms in total. The first-order valence-corrected chi connectivity index (χ1v) is 8.20. The first-order chi connectivity index (χ1) is 9.80. The number of hydrogen-bond donors (Lipinski definition) is 2. The molecule has 1 atom stereocenters. The van der Waals surface area contributed by atoms with Gasteiger partial charge in [-0.05, 0) is 12.1 Å². The first-order valence-electron chi connectivity index (χ1n) is 6.38. The van der Waals surface area contributed by atoms with Gasteiger partial charge in [0.1, 0.15) is 0 Å². The van der Waals surface area contributed by atoms with E-state index in [1.54, 1.807) is 24.3 Å². The van der Waals surface area contributed by atoms with Crippen molar-refractivity contribution in [3.8, 4) is 0 Å². The molecule has 2 rings (SSSR count). The Hall–Kier alpha value is -2.09. The maximum absolute atomic E-state index is 12.5. The fourth-order valence-corrected chi connectivity index (χ4v) is 3.90. The number of rotatable bonds is 3. The molecule has 1 aliphatic heterocycles. The van der Waals surface area contributed by atoms with Gasteiger partial charge < -0.3 is 15.7 Å². The third kappa shape index (κ3) is 3.52. The SMILES string of the molecule is Nc1ccccc1C(=O)N1CCS(=O)(=O)CC1CC(=O)O. The van der Waals surface area contributed by atoms with Crippen molar-refractivity contribution in [3.63, 3.8) is 0 Å². The quantitative estimate of drug-likeness (QED) is 0.758. The van der Waals surface area contributed by atoms with Crippen molar-refractivity contribution >= 4 is 27.4 Å². The summed E-state index contributed by atoms with van der Waals surface area (Å²) < 4.78 is 23.3. The summed E-state index contributed by atoms with van der Waals surface area (Å²) in [5, 5.41) is 8.90. The zero-order valence-corrected chi connectivity index (χ0v) is 12.0. The van der Waals surface area contributed by atoms with Crippen LogP contribution in [0.2, 0.25) is 0 Å². The van der Waals surface area contributed by atoms with Gasteiger partial charge in [0, 0.05) is 12.2 Å². The third-order valence-corrected chi connectivity index (χ3v) is 5.09. The molecular weight excluding hydrogens is 296 g/mol. The molecule has 0 spiro atoms. The van der Waals surface area contributed by atoms with Crippen LogP contribution in [0.15, 0.2) is 24.3 Å². The molecule has 0 aliphatic carbocycles. The van der Waals surface area contributed by atoms with Crippen LogP contribution in [0, 0.1) is 0 Å². The highest BCUT2D eigenvalue weighted by Gasteiger charge is 2.36. The van der Waals surface area contributed by atoms with Gasteiger partial charge in [0.2, 0.25) is 0 Å². The number of sulfone groups is 1. The lowest BCUT2D eigenvalue weighted by atomic mass is 10.1. The molecule has 0 aromatic heterocycles. The van der Waals surface area contributed by atoms with Gasteiger partial charge in [0.15, 0.2) is 9.84 Å². The predicted octanol–water partition coefficient (Wildman–Crippen LogP) is -0.0173. The molecule has 3 N–H and O–H groups in total. The van der Waals surface area contributed by atoms with Crippen LogP contribution in [0.1, 0.15) is 16.8 Å². The molecule has 1 fully saturated rings. The van der Waals surface area contributed by atoms with Gasteiger partial charge in [-0.1, -0.05) is 12.1 Å². The summed E-state index contributed by atoms with van der Waals surface area (Å²) in [5.41, 5.74) is 6.29. The average molecular weight is 312 g/mol. The van der Waals surface area contributed by atoms with Gasteiger partial charge in [0.05, 0.1) is 29.5 Å². The Balaban J connectivity index is 2.29. The molecule has 1 aromatic rings. The largest absolute Gasteiger partial charge is 0.481 e. The average Bonchev–Trinajstić information content (AvgIpc) is 2.37. The second kappa shape index (κ2) is 5.72. The van der Waals surface area contributed by atoms with E-state index >= 15 is 0 Å². The van der Waals surface area contributed by atoms with E-state index in [2.05, 4.69) is 0 Å². The number of carboxylic acids is 1. The van der Waals surface area contributed by atoms with E-state index in [0.29, 0.717) is 0 Å². The van der Waals surface area contributed by atoms with Gasteiger partial charge in [-0.15, -0.1) is 0 Å². The fraction of sp³-hybridized carbons (Fsp3) is 0.385. The number of amides is 1. The Kier molecular flexibility index (Phi) is 4.17. The summed E-state index contributed by atoms with van der Waals surface area (Å²) >= 11 is 0. The Morgan fingerprint density at radius 1 is 1.33 bits per heavy atom. The molecule has 1 aliphatic rings. The van der Waals surface area contributed by atoms with Crippen molar-refractivity contribution in [3.05, 3.63) is 29.8 Å². The van der Waals surface area contributed by atoms with Crippen LogP contribution in [0.4, 0.5) is 5.69 Å². The third-order valence-electron chi connectivity index (χ3n) is 3.39. The standard InChI is InChI=1S/C13H16N2O5S/c14-11-4-2-1-3-10(11)13(18)15-5-6-21(19,20)8-9(15)7-12(16)17/h1-4,9H,5-8,14H2,(H,16,17). The summed E-state index contributed by atoms with van der Waals surface area (Å²) in [6, 6.07) is 5.57. The summed E-state index contributed by atoms with van der Waals surface area (Å²) in [4.78, 5) is 24.7. The van der Waals surface area contributed by atoms with Crippen LogP contribution in [0.5, 0.6) is 0 Å². The lowest BCUT2D eigenvalue weighted by molar-refractivity contribution is -0.138. The van der Waals surface area contributed by atoms with E-state index in [1.165, 1.54) is 4.90 Å². The number of carboxylic acid groups (broad SMARTS) is 1. The number of hydrogen-bond acceptors (Lipinski definition) is 5. The first kappa shape index (κ1) is 15.3. The van der Waals surface area contributed by atoms with E-state index in [4.69, 9.17) is 10.8 Å². The fourth-order valence-electron chi connectivity index (χ4n) is 2.37. The van der Waals surface area contributed by atoms with Crippen molar-refractivity contribution in [1.29, 1.82) is 0 Å². The molecule has 0 radical (unpaired) electrons. The van der Waals surface area contributed by atoms with Gasteiger partial charge in [0.25, 0.3) is 5.91 Å². The minimum atomic E-state index is -3.32. The number of aliphatic carboxylic acids is 1. The number of carbonyl (C=O) groups is 2. The maximum Gasteiger partial charge on any atom is 0.305 e. The highest BCUT2D eigenvalue weighted by molar-refractivity contribution is 7.91. The molecule has 21 heavy (non-hydrogen) atoms. The summed E-state index contributed by atoms with van der Waals surface area (Å²) in [7, 11) is -3.32. The van der Waals surface area contributed by atoms with Gasteiger partial charge in [-0.25, -0.2) is 8.42 Å². The lowest BCUT2D eigenvalue weighted by Crippen LogP contribution is -2.52. The molecule has 1 amide bonds. The normalized spacial score (nSPS) is 21.0. The Morgan fingerprint density at radius 3 is 2.62 bits per heavy atom. The number of carbonyl (C=O) groups excluding carboxylic acids is 1. The van der Waals surface area contributed by atoms with Crippen LogP contribution in [0.3, 0.4) is 0 Å².